The molecule has 7 heteroatoms. The molecule has 28 heavy (non-hydrogen) atoms. The van der Waals surface area contributed by atoms with Gasteiger partial charge in [0.25, 0.3) is 5.91 Å². The average Bonchev–Trinajstić information content (AvgIpc) is 2.67. The van der Waals surface area contributed by atoms with Crippen molar-refractivity contribution in [3.05, 3.63) is 35.9 Å². The number of carbonyl (C=O) groups is 1. The molecule has 148 valence electrons. The zero-order chi connectivity index (χ0) is 19.9. The van der Waals surface area contributed by atoms with Gasteiger partial charge in [0.05, 0.1) is 11.2 Å². The van der Waals surface area contributed by atoms with Gasteiger partial charge in [-0.2, -0.15) is 5.10 Å². The van der Waals surface area contributed by atoms with Gasteiger partial charge in [0.2, 0.25) is 0 Å². The summed E-state index contributed by atoms with van der Waals surface area (Å²) in [5.74, 6) is 1.37. The van der Waals surface area contributed by atoms with E-state index < -0.39 is 0 Å². The molecule has 0 aliphatic carbocycles. The standard InChI is InChI=1S/C21H27N5O2/c1-5-7-14(6-2)15-8-18-17(9-16(15)23-21(4)11-22-12-21)26-13(3)20(27)25-24-19(26)10-28-18/h5-9,13,22-23H,10-12H2,1-4H3,(H,25,27). The van der Waals surface area contributed by atoms with Crippen LogP contribution in [0.25, 0.3) is 5.57 Å². The first-order valence-corrected chi connectivity index (χ1v) is 9.70. The van der Waals surface area contributed by atoms with E-state index >= 15 is 0 Å². The maximum absolute atomic E-state index is 12.2. The predicted molar refractivity (Wildman–Crippen MR) is 113 cm³/mol. The Balaban J connectivity index is 1.84. The van der Waals surface area contributed by atoms with Gasteiger partial charge in [-0.3, -0.25) is 4.79 Å². The summed E-state index contributed by atoms with van der Waals surface area (Å²) in [4.78, 5) is 14.2. The number of anilines is 2. The van der Waals surface area contributed by atoms with E-state index in [-0.39, 0.29) is 17.5 Å². The lowest BCUT2D eigenvalue weighted by atomic mass is 9.92. The SMILES string of the molecule is CC=CC(=CC)c1cc2c(cc1NC1(C)CNC1)N1C(=NNC(=O)C1C)CO2. The Labute approximate surface area is 165 Å². The average molecular weight is 381 g/mol. The molecule has 1 unspecified atom stereocenters. The Morgan fingerprint density at radius 1 is 1.39 bits per heavy atom. The fourth-order valence-electron chi connectivity index (χ4n) is 3.85. The lowest BCUT2D eigenvalue weighted by Crippen LogP contribution is -2.62. The minimum atomic E-state index is -0.341. The molecule has 0 saturated carbocycles. The van der Waals surface area contributed by atoms with E-state index in [1.54, 1.807) is 0 Å². The van der Waals surface area contributed by atoms with Crippen molar-refractivity contribution in [2.45, 2.75) is 39.3 Å². The number of fused-ring (bicyclic) bond motifs is 3. The summed E-state index contributed by atoms with van der Waals surface area (Å²) in [7, 11) is 0. The van der Waals surface area contributed by atoms with Gasteiger partial charge < -0.3 is 20.3 Å². The van der Waals surface area contributed by atoms with Crippen LogP contribution in [-0.2, 0) is 4.79 Å². The van der Waals surface area contributed by atoms with Crippen molar-refractivity contribution in [3.8, 4) is 5.75 Å². The molecule has 0 aromatic heterocycles. The molecule has 4 rings (SSSR count). The Morgan fingerprint density at radius 2 is 2.18 bits per heavy atom. The molecule has 1 saturated heterocycles. The van der Waals surface area contributed by atoms with Gasteiger partial charge in [0.15, 0.2) is 5.84 Å². The number of hydrogen-bond acceptors (Lipinski definition) is 6. The molecule has 3 aliphatic rings. The smallest absolute Gasteiger partial charge is 0.262 e. The van der Waals surface area contributed by atoms with Gasteiger partial charge in [-0.1, -0.05) is 18.2 Å². The Hall–Kier alpha value is -2.80. The highest BCUT2D eigenvalue weighted by atomic mass is 16.5. The van der Waals surface area contributed by atoms with Gasteiger partial charge in [-0.15, -0.1) is 0 Å². The number of benzene rings is 1. The van der Waals surface area contributed by atoms with Crippen LogP contribution in [-0.4, -0.2) is 43.0 Å². The van der Waals surface area contributed by atoms with Crippen LogP contribution >= 0.6 is 0 Å². The van der Waals surface area contributed by atoms with Crippen LogP contribution in [0.15, 0.2) is 35.5 Å². The Kier molecular flexibility index (Phi) is 4.63. The van der Waals surface area contributed by atoms with Crippen LogP contribution in [0.1, 0.15) is 33.3 Å². The molecule has 0 radical (unpaired) electrons. The number of amidine groups is 1. The molecule has 1 aromatic carbocycles. The molecular weight excluding hydrogens is 354 g/mol. The third-order valence-electron chi connectivity index (χ3n) is 5.49. The monoisotopic (exact) mass is 381 g/mol. The molecule has 1 aromatic rings. The number of hydrazone groups is 1. The van der Waals surface area contributed by atoms with E-state index in [2.05, 4.69) is 52.4 Å². The third kappa shape index (κ3) is 3.05. The van der Waals surface area contributed by atoms with Gasteiger partial charge in [0.1, 0.15) is 18.4 Å². The van der Waals surface area contributed by atoms with Crippen molar-refractivity contribution < 1.29 is 9.53 Å². The van der Waals surface area contributed by atoms with Crippen LogP contribution in [0.2, 0.25) is 0 Å². The summed E-state index contributed by atoms with van der Waals surface area (Å²) in [6.45, 7) is 10.3. The summed E-state index contributed by atoms with van der Waals surface area (Å²) >= 11 is 0. The first kappa shape index (κ1) is 18.6. The minimum absolute atomic E-state index is 0.00486. The number of carbonyl (C=O) groups excluding carboxylic acids is 1. The van der Waals surface area contributed by atoms with Crippen LogP contribution in [0.4, 0.5) is 11.4 Å². The molecule has 1 amide bonds. The van der Waals surface area contributed by atoms with Crippen molar-refractivity contribution in [2.24, 2.45) is 5.10 Å². The summed E-state index contributed by atoms with van der Waals surface area (Å²) < 4.78 is 6.00. The number of nitrogens with one attached hydrogen (secondary N) is 3. The van der Waals surface area contributed by atoms with E-state index in [0.29, 0.717) is 6.61 Å². The molecule has 1 atom stereocenters. The van der Waals surface area contributed by atoms with Gasteiger partial charge in [0, 0.05) is 24.3 Å². The second kappa shape index (κ2) is 6.98. The van der Waals surface area contributed by atoms with Gasteiger partial charge in [-0.25, -0.2) is 5.43 Å². The molecule has 0 bridgehead atoms. The van der Waals surface area contributed by atoms with Gasteiger partial charge in [-0.05, 0) is 45.4 Å². The predicted octanol–water partition coefficient (Wildman–Crippen LogP) is 2.47. The van der Waals surface area contributed by atoms with E-state index in [0.717, 1.165) is 47.2 Å². The highest BCUT2D eigenvalue weighted by Gasteiger charge is 2.37. The molecule has 3 aliphatic heterocycles. The number of ether oxygens (including phenoxy) is 1. The molecule has 3 heterocycles. The summed E-state index contributed by atoms with van der Waals surface area (Å²) in [5.41, 5.74) is 6.67. The number of nitrogens with zero attached hydrogens (tertiary/aromatic N) is 2. The van der Waals surface area contributed by atoms with Crippen LogP contribution in [0.5, 0.6) is 5.75 Å². The maximum Gasteiger partial charge on any atom is 0.262 e. The Bertz CT molecular complexity index is 898. The normalized spacial score (nSPS) is 23.2. The second-order valence-electron chi connectivity index (χ2n) is 7.74. The van der Waals surface area contributed by atoms with E-state index in [9.17, 15) is 4.79 Å². The highest BCUT2D eigenvalue weighted by Crippen LogP contribution is 2.42. The quantitative estimate of drug-likeness (QED) is 0.699. The maximum atomic E-state index is 12.2. The van der Waals surface area contributed by atoms with Crippen molar-refractivity contribution in [1.29, 1.82) is 0 Å². The van der Waals surface area contributed by atoms with Crippen molar-refractivity contribution in [1.82, 2.24) is 10.7 Å². The van der Waals surface area contributed by atoms with Crippen LogP contribution in [0, 0.1) is 0 Å². The zero-order valence-corrected chi connectivity index (χ0v) is 16.8. The van der Waals surface area contributed by atoms with Crippen LogP contribution < -0.4 is 25.7 Å². The third-order valence-corrected chi connectivity index (χ3v) is 5.49. The molecule has 1 fully saturated rings. The van der Waals surface area contributed by atoms with Crippen molar-refractivity contribution >= 4 is 28.7 Å². The van der Waals surface area contributed by atoms with Gasteiger partial charge >= 0.3 is 0 Å². The number of rotatable bonds is 4. The molecular formula is C21H27N5O2. The summed E-state index contributed by atoms with van der Waals surface area (Å²) in [6, 6.07) is 3.82. The summed E-state index contributed by atoms with van der Waals surface area (Å²) in [5, 5.41) is 11.2. The van der Waals surface area contributed by atoms with E-state index in [4.69, 9.17) is 4.74 Å². The fourth-order valence-corrected chi connectivity index (χ4v) is 3.85. The fraction of sp³-hybridized carbons (Fsp3) is 0.429. The molecule has 0 spiro atoms. The first-order chi connectivity index (χ1) is 13.5. The highest BCUT2D eigenvalue weighted by molar-refractivity contribution is 6.09. The topological polar surface area (TPSA) is 78.0 Å². The second-order valence-corrected chi connectivity index (χ2v) is 7.74. The number of allylic oxidation sites excluding steroid dienone is 4. The minimum Gasteiger partial charge on any atom is -0.483 e. The van der Waals surface area contributed by atoms with Crippen molar-refractivity contribution in [3.63, 3.8) is 0 Å². The summed E-state index contributed by atoms with van der Waals surface area (Å²) in [6.07, 6.45) is 6.23. The molecule has 7 nitrogen and oxygen atoms in total. The van der Waals surface area contributed by atoms with E-state index in [1.165, 1.54) is 0 Å². The van der Waals surface area contributed by atoms with E-state index in [1.807, 2.05) is 31.7 Å². The zero-order valence-electron chi connectivity index (χ0n) is 16.8. The number of hydrogen-bond donors (Lipinski definition) is 3. The van der Waals surface area contributed by atoms with Crippen LogP contribution in [0.3, 0.4) is 0 Å². The Morgan fingerprint density at radius 3 is 2.82 bits per heavy atom. The first-order valence-electron chi connectivity index (χ1n) is 9.70. The van der Waals surface area contributed by atoms with Crippen molar-refractivity contribution in [2.75, 3.05) is 29.9 Å². The molecule has 3 N–H and O–H groups in total. The lowest BCUT2D eigenvalue weighted by Gasteiger charge is -2.42. The number of amides is 1. The lowest BCUT2D eigenvalue weighted by molar-refractivity contribution is -0.122. The largest absolute Gasteiger partial charge is 0.483 e.